The van der Waals surface area contributed by atoms with Gasteiger partial charge in [-0.3, -0.25) is 19.4 Å². The second kappa shape index (κ2) is 7.33. The molecule has 8 heteroatoms. The van der Waals surface area contributed by atoms with Gasteiger partial charge in [-0.05, 0) is 43.2 Å². The number of anilines is 1. The fourth-order valence-electron chi connectivity index (χ4n) is 3.07. The van der Waals surface area contributed by atoms with Crippen LogP contribution in [0.15, 0.2) is 42.7 Å². The summed E-state index contributed by atoms with van der Waals surface area (Å²) < 4.78 is 2.46. The van der Waals surface area contributed by atoms with Gasteiger partial charge in [-0.2, -0.15) is 5.10 Å². The molecule has 1 aromatic carbocycles. The molecular formula is C20H18ClN5OS. The molecule has 0 radical (unpaired) electrons. The third-order valence-corrected chi connectivity index (χ3v) is 6.07. The predicted molar refractivity (Wildman–Crippen MR) is 112 cm³/mol. The Morgan fingerprint density at radius 2 is 2.04 bits per heavy atom. The van der Waals surface area contributed by atoms with Crippen LogP contribution in [0, 0.1) is 13.8 Å². The van der Waals surface area contributed by atoms with E-state index in [1.165, 1.54) is 11.3 Å². The zero-order chi connectivity index (χ0) is 19.8. The first-order valence-electron chi connectivity index (χ1n) is 8.71. The SMILES string of the molecule is Cc1cnn(C)c1C(=O)N(Cc1ccccn1)c1nc2c(C)ccc(Cl)c2s1. The summed E-state index contributed by atoms with van der Waals surface area (Å²) in [5.41, 5.74) is 3.95. The van der Waals surface area contributed by atoms with Crippen LogP contribution < -0.4 is 4.90 Å². The molecule has 6 nitrogen and oxygen atoms in total. The van der Waals surface area contributed by atoms with Crippen LogP contribution in [-0.2, 0) is 13.6 Å². The minimum absolute atomic E-state index is 0.170. The molecular weight excluding hydrogens is 394 g/mol. The molecule has 0 atom stereocenters. The topological polar surface area (TPSA) is 63.9 Å². The lowest BCUT2D eigenvalue weighted by Gasteiger charge is -2.20. The number of hydrogen-bond acceptors (Lipinski definition) is 5. The van der Waals surface area contributed by atoms with Crippen molar-refractivity contribution in [2.75, 3.05) is 4.90 Å². The molecule has 4 aromatic rings. The minimum Gasteiger partial charge on any atom is -0.277 e. The van der Waals surface area contributed by atoms with Gasteiger partial charge in [-0.1, -0.05) is 35.1 Å². The van der Waals surface area contributed by atoms with Crippen molar-refractivity contribution in [3.05, 3.63) is 70.3 Å². The van der Waals surface area contributed by atoms with Crippen LogP contribution in [0.2, 0.25) is 5.02 Å². The van der Waals surface area contributed by atoms with E-state index in [1.807, 2.05) is 44.2 Å². The van der Waals surface area contributed by atoms with E-state index in [2.05, 4.69) is 10.1 Å². The molecule has 0 bridgehead atoms. The molecule has 142 valence electrons. The lowest BCUT2D eigenvalue weighted by molar-refractivity contribution is 0.0975. The van der Waals surface area contributed by atoms with E-state index in [0.29, 0.717) is 22.4 Å². The molecule has 0 saturated heterocycles. The molecule has 28 heavy (non-hydrogen) atoms. The number of aryl methyl sites for hydroxylation is 3. The zero-order valence-corrected chi connectivity index (χ0v) is 17.3. The molecule has 0 unspecified atom stereocenters. The van der Waals surface area contributed by atoms with Crippen molar-refractivity contribution in [3.8, 4) is 0 Å². The summed E-state index contributed by atoms with van der Waals surface area (Å²) >= 11 is 7.78. The highest BCUT2D eigenvalue weighted by Crippen LogP contribution is 2.36. The van der Waals surface area contributed by atoms with E-state index in [0.717, 1.165) is 27.0 Å². The third kappa shape index (κ3) is 3.27. The number of halogens is 1. The highest BCUT2D eigenvalue weighted by Gasteiger charge is 2.26. The van der Waals surface area contributed by atoms with E-state index in [-0.39, 0.29) is 5.91 Å². The van der Waals surface area contributed by atoms with Gasteiger partial charge in [0.05, 0.1) is 33.7 Å². The van der Waals surface area contributed by atoms with E-state index in [4.69, 9.17) is 16.6 Å². The monoisotopic (exact) mass is 411 g/mol. The molecule has 1 amide bonds. The fraction of sp³-hybridized carbons (Fsp3) is 0.200. The van der Waals surface area contributed by atoms with Gasteiger partial charge in [-0.25, -0.2) is 4.98 Å². The maximum atomic E-state index is 13.5. The number of rotatable bonds is 4. The summed E-state index contributed by atoms with van der Waals surface area (Å²) in [7, 11) is 1.76. The van der Waals surface area contributed by atoms with Gasteiger partial charge >= 0.3 is 0 Å². The van der Waals surface area contributed by atoms with E-state index >= 15 is 0 Å². The molecule has 0 N–H and O–H groups in total. The van der Waals surface area contributed by atoms with Gasteiger partial charge in [0.15, 0.2) is 5.13 Å². The summed E-state index contributed by atoms with van der Waals surface area (Å²) in [5.74, 6) is -0.170. The Balaban J connectivity index is 1.85. The standard InChI is InChI=1S/C20H18ClN5OS/c1-12-7-8-15(21)18-16(12)24-20(28-18)26(11-14-6-4-5-9-22-14)19(27)17-13(2)10-23-25(17)3/h4-10H,11H2,1-3H3. The lowest BCUT2D eigenvalue weighted by atomic mass is 10.2. The van der Waals surface area contributed by atoms with Gasteiger partial charge in [-0.15, -0.1) is 0 Å². The quantitative estimate of drug-likeness (QED) is 0.494. The maximum Gasteiger partial charge on any atom is 0.278 e. The lowest BCUT2D eigenvalue weighted by Crippen LogP contribution is -2.32. The molecule has 3 aromatic heterocycles. The first-order chi connectivity index (χ1) is 13.5. The number of amides is 1. The number of nitrogens with zero attached hydrogens (tertiary/aromatic N) is 5. The van der Waals surface area contributed by atoms with Crippen molar-refractivity contribution in [1.29, 1.82) is 0 Å². The molecule has 0 spiro atoms. The van der Waals surface area contributed by atoms with Crippen LogP contribution >= 0.6 is 22.9 Å². The third-order valence-electron chi connectivity index (χ3n) is 4.53. The van der Waals surface area contributed by atoms with Crippen LogP contribution in [0.3, 0.4) is 0 Å². The van der Waals surface area contributed by atoms with Gasteiger partial charge in [0.2, 0.25) is 0 Å². The van der Waals surface area contributed by atoms with Crippen LogP contribution in [-0.4, -0.2) is 25.7 Å². The van der Waals surface area contributed by atoms with E-state index < -0.39 is 0 Å². The van der Waals surface area contributed by atoms with E-state index in [9.17, 15) is 4.79 Å². The average molecular weight is 412 g/mol. The summed E-state index contributed by atoms with van der Waals surface area (Å²) in [6, 6.07) is 9.44. The Morgan fingerprint density at radius 1 is 1.21 bits per heavy atom. The average Bonchev–Trinajstić information content (AvgIpc) is 3.28. The van der Waals surface area contributed by atoms with Crippen molar-refractivity contribution >= 4 is 44.2 Å². The second-order valence-corrected chi connectivity index (χ2v) is 7.94. The Bertz CT molecular complexity index is 1110. The Labute approximate surface area is 171 Å². The molecule has 0 saturated carbocycles. The summed E-state index contributed by atoms with van der Waals surface area (Å²) in [4.78, 5) is 24.2. The molecule has 0 aliphatic rings. The number of carbonyl (C=O) groups is 1. The molecule has 0 fully saturated rings. The molecule has 0 aliphatic heterocycles. The molecule has 0 aliphatic carbocycles. The van der Waals surface area contributed by atoms with Gasteiger partial charge < -0.3 is 0 Å². The second-order valence-electron chi connectivity index (χ2n) is 6.55. The number of benzene rings is 1. The van der Waals surface area contributed by atoms with Crippen molar-refractivity contribution in [1.82, 2.24) is 19.7 Å². The fourth-order valence-corrected chi connectivity index (χ4v) is 4.38. The van der Waals surface area contributed by atoms with Crippen LogP contribution in [0.25, 0.3) is 10.2 Å². The highest BCUT2D eigenvalue weighted by atomic mass is 35.5. The van der Waals surface area contributed by atoms with Crippen molar-refractivity contribution in [2.24, 2.45) is 7.05 Å². The number of aromatic nitrogens is 4. The van der Waals surface area contributed by atoms with E-state index in [1.54, 1.807) is 29.0 Å². The Hall–Kier alpha value is -2.77. The first kappa shape index (κ1) is 18.6. The number of thiazole rings is 1. The number of hydrogen-bond donors (Lipinski definition) is 0. The minimum atomic E-state index is -0.170. The van der Waals surface area contributed by atoms with Crippen LogP contribution in [0.5, 0.6) is 0 Å². The van der Waals surface area contributed by atoms with Gasteiger partial charge in [0.1, 0.15) is 5.69 Å². The van der Waals surface area contributed by atoms with Crippen molar-refractivity contribution < 1.29 is 4.79 Å². The van der Waals surface area contributed by atoms with Crippen LogP contribution in [0.4, 0.5) is 5.13 Å². The number of fused-ring (bicyclic) bond motifs is 1. The Morgan fingerprint density at radius 3 is 2.68 bits per heavy atom. The molecule has 4 rings (SSSR count). The van der Waals surface area contributed by atoms with Gasteiger partial charge in [0, 0.05) is 13.2 Å². The summed E-state index contributed by atoms with van der Waals surface area (Å²) in [6.07, 6.45) is 3.40. The largest absolute Gasteiger partial charge is 0.278 e. The van der Waals surface area contributed by atoms with Crippen molar-refractivity contribution in [2.45, 2.75) is 20.4 Å². The van der Waals surface area contributed by atoms with Crippen molar-refractivity contribution in [3.63, 3.8) is 0 Å². The van der Waals surface area contributed by atoms with Crippen LogP contribution in [0.1, 0.15) is 27.3 Å². The predicted octanol–water partition coefficient (Wildman–Crippen LogP) is 4.54. The van der Waals surface area contributed by atoms with Gasteiger partial charge in [0.25, 0.3) is 5.91 Å². The summed E-state index contributed by atoms with van der Waals surface area (Å²) in [5, 5.41) is 5.42. The smallest absolute Gasteiger partial charge is 0.277 e. The maximum absolute atomic E-state index is 13.5. The number of pyridine rings is 1. The first-order valence-corrected chi connectivity index (χ1v) is 9.91. The zero-order valence-electron chi connectivity index (χ0n) is 15.7. The normalized spacial score (nSPS) is 11.1. The highest BCUT2D eigenvalue weighted by molar-refractivity contribution is 7.23. The molecule has 3 heterocycles. The Kier molecular flexibility index (Phi) is 4.87. The number of carbonyl (C=O) groups excluding carboxylic acids is 1. The summed E-state index contributed by atoms with van der Waals surface area (Å²) in [6.45, 7) is 4.16.